The molecule has 2 saturated heterocycles. The van der Waals surface area contributed by atoms with Gasteiger partial charge in [0.15, 0.2) is 17.6 Å². The average molecular weight is 589 g/mol. The van der Waals surface area contributed by atoms with Gasteiger partial charge < -0.3 is 9.47 Å². The predicted molar refractivity (Wildman–Crippen MR) is 153 cm³/mol. The number of benzene rings is 4. The number of carbonyl (C=O) groups excluding carboxylic acids is 3. The van der Waals surface area contributed by atoms with Crippen molar-refractivity contribution in [3.63, 3.8) is 0 Å². The van der Waals surface area contributed by atoms with Crippen molar-refractivity contribution in [2.24, 2.45) is 5.92 Å². The fourth-order valence-electron chi connectivity index (χ4n) is 5.12. The van der Waals surface area contributed by atoms with Crippen LogP contribution >= 0.6 is 23.2 Å². The Kier molecular flexibility index (Phi) is 7.13. The van der Waals surface area contributed by atoms with Gasteiger partial charge in [0.05, 0.1) is 40.1 Å². The van der Waals surface area contributed by atoms with Gasteiger partial charge in [-0.2, -0.15) is 0 Å². The number of esters is 1. The number of halogens is 2. The van der Waals surface area contributed by atoms with Crippen LogP contribution in [0.1, 0.15) is 22.0 Å². The van der Waals surface area contributed by atoms with Gasteiger partial charge >= 0.3 is 5.97 Å². The third kappa shape index (κ3) is 4.80. The highest BCUT2D eigenvalue weighted by atomic mass is 35.5. The minimum atomic E-state index is -1.08. The molecule has 0 aromatic heterocycles. The molecule has 0 bridgehead atoms. The van der Waals surface area contributed by atoms with Crippen molar-refractivity contribution < 1.29 is 28.7 Å². The van der Waals surface area contributed by atoms with E-state index in [1.165, 1.54) is 19.2 Å². The first-order valence-electron chi connectivity index (χ1n) is 12.7. The largest absolute Gasteiger partial charge is 0.493 e. The van der Waals surface area contributed by atoms with Crippen molar-refractivity contribution >= 4 is 52.4 Å². The van der Waals surface area contributed by atoms with Crippen LogP contribution in [0.4, 0.5) is 11.4 Å². The quantitative estimate of drug-likeness (QED) is 0.149. The molecule has 2 heterocycles. The van der Waals surface area contributed by atoms with Crippen molar-refractivity contribution in [1.82, 2.24) is 0 Å². The molecule has 10 heteroatoms. The Bertz CT molecular complexity index is 1650. The summed E-state index contributed by atoms with van der Waals surface area (Å²) in [5.41, 5.74) is 1.97. The fourth-order valence-corrected chi connectivity index (χ4v) is 5.41. The molecule has 4 aromatic carbocycles. The molecule has 6 rings (SSSR count). The Morgan fingerprint density at radius 2 is 1.49 bits per heavy atom. The Hall–Kier alpha value is -4.37. The van der Waals surface area contributed by atoms with Crippen LogP contribution in [0.5, 0.6) is 11.5 Å². The van der Waals surface area contributed by atoms with E-state index in [9.17, 15) is 14.4 Å². The van der Waals surface area contributed by atoms with Gasteiger partial charge in [0.25, 0.3) is 5.91 Å². The number of nitrogens with zero attached hydrogens (tertiary/aromatic N) is 2. The highest BCUT2D eigenvalue weighted by Crippen LogP contribution is 2.49. The molecule has 0 spiro atoms. The van der Waals surface area contributed by atoms with E-state index < -0.39 is 35.8 Å². The number of amides is 2. The number of methoxy groups -OCH3 is 1. The van der Waals surface area contributed by atoms with Crippen LogP contribution in [0.15, 0.2) is 97.1 Å². The lowest BCUT2D eigenvalue weighted by atomic mass is 9.90. The molecule has 2 aliphatic rings. The Morgan fingerprint density at radius 1 is 0.780 bits per heavy atom. The minimum Gasteiger partial charge on any atom is -0.493 e. The standard InChI is InChI=1S/C31H22Cl2N2O6/c1-39-25-16-19(12-15-24(25)40-31(38)18-8-4-2-5-9-18)27-26-28(41-35(27)20-10-6-3-7-11-20)30(37)34(29(26)36)21-13-14-22(32)23(33)17-21/h2-17,26-28H,1H3. The molecule has 8 nitrogen and oxygen atoms in total. The van der Waals surface area contributed by atoms with Crippen molar-refractivity contribution in [3.8, 4) is 11.5 Å². The van der Waals surface area contributed by atoms with E-state index in [2.05, 4.69) is 0 Å². The number of fused-ring (bicyclic) bond motifs is 1. The first-order chi connectivity index (χ1) is 19.9. The van der Waals surface area contributed by atoms with Crippen molar-refractivity contribution in [2.45, 2.75) is 12.1 Å². The summed E-state index contributed by atoms with van der Waals surface area (Å²) in [5, 5.41) is 2.09. The second kappa shape index (κ2) is 10.9. The number of rotatable bonds is 6. The summed E-state index contributed by atoms with van der Waals surface area (Å²) in [6.07, 6.45) is -1.08. The number of carbonyl (C=O) groups is 3. The molecule has 41 heavy (non-hydrogen) atoms. The Labute approximate surface area is 245 Å². The Morgan fingerprint density at radius 3 is 2.17 bits per heavy atom. The van der Waals surface area contributed by atoms with Crippen molar-refractivity contribution in [3.05, 3.63) is 118 Å². The van der Waals surface area contributed by atoms with Crippen LogP contribution in [0, 0.1) is 5.92 Å². The van der Waals surface area contributed by atoms with E-state index in [0.29, 0.717) is 27.5 Å². The zero-order chi connectivity index (χ0) is 28.7. The lowest BCUT2D eigenvalue weighted by Gasteiger charge is -2.29. The maximum Gasteiger partial charge on any atom is 0.343 e. The molecule has 0 radical (unpaired) electrons. The molecule has 3 atom stereocenters. The maximum atomic E-state index is 13.9. The topological polar surface area (TPSA) is 85.4 Å². The van der Waals surface area contributed by atoms with Crippen molar-refractivity contribution in [1.29, 1.82) is 0 Å². The molecule has 2 amide bonds. The van der Waals surface area contributed by atoms with Gasteiger partial charge in [-0.15, -0.1) is 0 Å². The summed E-state index contributed by atoms with van der Waals surface area (Å²) in [5.74, 6) is -1.90. The first-order valence-corrected chi connectivity index (χ1v) is 13.4. The summed E-state index contributed by atoms with van der Waals surface area (Å²) >= 11 is 12.2. The fraction of sp³-hybridized carbons (Fsp3) is 0.129. The number of hydrogen-bond donors (Lipinski definition) is 0. The van der Waals surface area contributed by atoms with Crippen LogP contribution in [0.2, 0.25) is 10.0 Å². The molecule has 3 unspecified atom stereocenters. The molecule has 0 N–H and O–H groups in total. The van der Waals surface area contributed by atoms with E-state index in [1.807, 2.05) is 30.3 Å². The number of anilines is 2. The van der Waals surface area contributed by atoms with Crippen LogP contribution in [-0.2, 0) is 14.4 Å². The highest BCUT2D eigenvalue weighted by molar-refractivity contribution is 6.42. The Balaban J connectivity index is 1.38. The SMILES string of the molecule is COc1cc(C2C3C(=O)N(c4ccc(Cl)c(Cl)c4)C(=O)C3ON2c2ccccc2)ccc1OC(=O)c1ccccc1. The van der Waals surface area contributed by atoms with E-state index in [-0.39, 0.29) is 16.5 Å². The molecule has 206 valence electrons. The predicted octanol–water partition coefficient (Wildman–Crippen LogP) is 6.27. The molecule has 2 aliphatic heterocycles. The van der Waals surface area contributed by atoms with E-state index in [1.54, 1.807) is 59.7 Å². The summed E-state index contributed by atoms with van der Waals surface area (Å²) in [4.78, 5) is 47.4. The van der Waals surface area contributed by atoms with Gasteiger partial charge in [0.1, 0.15) is 5.92 Å². The first kappa shape index (κ1) is 26.8. The van der Waals surface area contributed by atoms with Gasteiger partial charge in [0, 0.05) is 0 Å². The monoisotopic (exact) mass is 588 g/mol. The van der Waals surface area contributed by atoms with Crippen LogP contribution < -0.4 is 19.4 Å². The smallest absolute Gasteiger partial charge is 0.343 e. The number of imide groups is 1. The summed E-state index contributed by atoms with van der Waals surface area (Å²) < 4.78 is 11.2. The number of para-hydroxylation sites is 1. The van der Waals surface area contributed by atoms with Crippen LogP contribution in [0.25, 0.3) is 0 Å². The summed E-state index contributed by atoms with van der Waals surface area (Å²) in [7, 11) is 1.46. The van der Waals surface area contributed by atoms with E-state index in [0.717, 1.165) is 4.90 Å². The zero-order valence-corrected chi connectivity index (χ0v) is 23.1. The summed E-state index contributed by atoms with van der Waals surface area (Å²) in [6, 6.07) is 26.6. The minimum absolute atomic E-state index is 0.207. The lowest BCUT2D eigenvalue weighted by Crippen LogP contribution is -2.37. The van der Waals surface area contributed by atoms with Gasteiger partial charge in [0.2, 0.25) is 5.91 Å². The molecular formula is C31H22Cl2N2O6. The molecular weight excluding hydrogens is 567 g/mol. The third-order valence-corrected chi connectivity index (χ3v) is 7.77. The van der Waals surface area contributed by atoms with Gasteiger partial charge in [-0.25, -0.2) is 14.8 Å². The van der Waals surface area contributed by atoms with Gasteiger partial charge in [-0.1, -0.05) is 65.7 Å². The maximum absolute atomic E-state index is 13.9. The number of ether oxygens (including phenoxy) is 2. The summed E-state index contributed by atoms with van der Waals surface area (Å²) in [6.45, 7) is 0. The number of hydroxylamine groups is 1. The number of hydrogen-bond acceptors (Lipinski definition) is 7. The second-order valence-corrected chi connectivity index (χ2v) is 10.2. The van der Waals surface area contributed by atoms with Gasteiger partial charge in [-0.3, -0.25) is 14.4 Å². The van der Waals surface area contributed by atoms with Crippen LogP contribution in [0.3, 0.4) is 0 Å². The van der Waals surface area contributed by atoms with E-state index >= 15 is 0 Å². The normalized spacial score (nSPS) is 19.8. The van der Waals surface area contributed by atoms with Crippen molar-refractivity contribution in [2.75, 3.05) is 17.1 Å². The second-order valence-electron chi connectivity index (χ2n) is 9.43. The highest BCUT2D eigenvalue weighted by Gasteiger charge is 2.60. The molecule has 2 fully saturated rings. The molecule has 0 saturated carbocycles. The zero-order valence-electron chi connectivity index (χ0n) is 21.6. The third-order valence-electron chi connectivity index (χ3n) is 7.03. The lowest BCUT2D eigenvalue weighted by molar-refractivity contribution is -0.126. The van der Waals surface area contributed by atoms with Gasteiger partial charge in [-0.05, 0) is 60.2 Å². The average Bonchev–Trinajstić information content (AvgIpc) is 3.51. The molecule has 4 aromatic rings. The van der Waals surface area contributed by atoms with Crippen LogP contribution in [-0.4, -0.2) is 31.0 Å². The molecule has 0 aliphatic carbocycles. The van der Waals surface area contributed by atoms with E-state index in [4.69, 9.17) is 37.5 Å².